The van der Waals surface area contributed by atoms with Crippen LogP contribution < -0.4 is 10.1 Å². The Hall–Kier alpha value is -2.42. The molecular weight excluding hydrogens is 360 g/mol. The number of imidazole rings is 1. The van der Waals surface area contributed by atoms with Crippen LogP contribution in [0.4, 0.5) is 0 Å². The average molecular weight is 388 g/mol. The lowest BCUT2D eigenvalue weighted by Gasteiger charge is -2.25. The van der Waals surface area contributed by atoms with Gasteiger partial charge in [-0.05, 0) is 24.1 Å². The zero-order valence-corrected chi connectivity index (χ0v) is 16.3. The number of aliphatic hydroxyl groups is 2. The number of aliphatic hydroxyl groups excluding tert-OH is 2. The van der Waals surface area contributed by atoms with Crippen molar-refractivity contribution in [2.45, 2.75) is 44.7 Å². The predicted octanol–water partition coefficient (Wildman–Crippen LogP) is 0.431. The number of hydrogen-bond donors (Lipinski definition) is 3. The molecule has 0 saturated carbocycles. The molecule has 2 heterocycles. The quantitative estimate of drug-likeness (QED) is 0.664. The molecule has 28 heavy (non-hydrogen) atoms. The van der Waals surface area contributed by atoms with E-state index in [1.165, 1.54) is 6.92 Å². The largest absolute Gasteiger partial charge is 0.486 e. The van der Waals surface area contributed by atoms with Crippen LogP contribution in [0.2, 0.25) is 0 Å². The lowest BCUT2D eigenvalue weighted by molar-refractivity contribution is -0.120. The van der Waals surface area contributed by atoms with Gasteiger partial charge in [-0.25, -0.2) is 4.98 Å². The van der Waals surface area contributed by atoms with Crippen LogP contribution in [0, 0.1) is 0 Å². The van der Waals surface area contributed by atoms with Crippen LogP contribution in [0.1, 0.15) is 24.7 Å². The molecule has 3 N–H and O–H groups in total. The highest BCUT2D eigenvalue weighted by molar-refractivity contribution is 5.73. The molecule has 1 amide bonds. The maximum absolute atomic E-state index is 11.3. The summed E-state index contributed by atoms with van der Waals surface area (Å²) >= 11 is 0. The Balaban J connectivity index is 1.55. The maximum atomic E-state index is 11.3. The van der Waals surface area contributed by atoms with Gasteiger partial charge in [0.1, 0.15) is 18.2 Å². The number of benzene rings is 1. The van der Waals surface area contributed by atoms with Gasteiger partial charge in [-0.15, -0.1) is 0 Å². The molecule has 1 aliphatic rings. The van der Waals surface area contributed by atoms with Crippen molar-refractivity contribution in [3.63, 3.8) is 0 Å². The molecule has 3 atom stereocenters. The summed E-state index contributed by atoms with van der Waals surface area (Å²) < 4.78 is 7.68. The van der Waals surface area contributed by atoms with Gasteiger partial charge in [0.05, 0.1) is 18.2 Å². The Morgan fingerprint density at radius 1 is 1.29 bits per heavy atom. The van der Waals surface area contributed by atoms with Gasteiger partial charge >= 0.3 is 0 Å². The summed E-state index contributed by atoms with van der Waals surface area (Å²) in [7, 11) is 1.93. The number of nitrogens with one attached hydrogen (secondary N) is 1. The maximum Gasteiger partial charge on any atom is 0.217 e. The van der Waals surface area contributed by atoms with Crippen molar-refractivity contribution < 1.29 is 19.7 Å². The van der Waals surface area contributed by atoms with Crippen LogP contribution in [-0.4, -0.2) is 61.9 Å². The molecule has 1 aromatic heterocycles. The van der Waals surface area contributed by atoms with Crippen molar-refractivity contribution in [1.29, 1.82) is 0 Å². The highest BCUT2D eigenvalue weighted by atomic mass is 16.5. The van der Waals surface area contributed by atoms with Crippen LogP contribution in [0.25, 0.3) is 0 Å². The number of hydrogen-bond acceptors (Lipinski definition) is 6. The monoisotopic (exact) mass is 388 g/mol. The molecule has 0 spiro atoms. The van der Waals surface area contributed by atoms with Crippen LogP contribution in [-0.2, 0) is 25.0 Å². The van der Waals surface area contributed by atoms with E-state index >= 15 is 0 Å². The van der Waals surface area contributed by atoms with E-state index in [2.05, 4.69) is 10.3 Å². The summed E-state index contributed by atoms with van der Waals surface area (Å²) in [5.41, 5.74) is 1.06. The second-order valence-corrected chi connectivity index (χ2v) is 7.34. The second kappa shape index (κ2) is 9.18. The van der Waals surface area contributed by atoms with E-state index < -0.39 is 18.2 Å². The SMILES string of the molecule is CC(=O)N[C@@H]1C[C@@H](O)CN(Cc2ccc(OCc3nccn3C)cc2)C[C@H]1O. The minimum atomic E-state index is -0.721. The first-order chi connectivity index (χ1) is 13.4. The van der Waals surface area contributed by atoms with Gasteiger partial charge < -0.3 is 24.8 Å². The minimum absolute atomic E-state index is 0.203. The first-order valence-corrected chi connectivity index (χ1v) is 9.44. The Morgan fingerprint density at radius 3 is 2.68 bits per heavy atom. The molecular formula is C20H28N4O4. The highest BCUT2D eigenvalue weighted by Crippen LogP contribution is 2.18. The van der Waals surface area contributed by atoms with Crippen LogP contribution in [0.3, 0.4) is 0 Å². The van der Waals surface area contributed by atoms with E-state index in [1.54, 1.807) is 6.20 Å². The Bertz CT molecular complexity index is 777. The molecule has 1 aliphatic heterocycles. The Labute approximate surface area is 164 Å². The van der Waals surface area contributed by atoms with Crippen molar-refractivity contribution in [2.24, 2.45) is 7.05 Å². The Morgan fingerprint density at radius 2 is 2.04 bits per heavy atom. The van der Waals surface area contributed by atoms with Crippen molar-refractivity contribution in [1.82, 2.24) is 19.8 Å². The second-order valence-electron chi connectivity index (χ2n) is 7.34. The normalized spacial score (nSPS) is 23.2. The minimum Gasteiger partial charge on any atom is -0.486 e. The summed E-state index contributed by atoms with van der Waals surface area (Å²) in [5.74, 6) is 1.41. The molecule has 8 nitrogen and oxygen atoms in total. The molecule has 0 aliphatic carbocycles. The third-order valence-corrected chi connectivity index (χ3v) is 4.91. The summed E-state index contributed by atoms with van der Waals surface area (Å²) in [6.07, 6.45) is 2.64. The number of amides is 1. The third kappa shape index (κ3) is 5.54. The fourth-order valence-electron chi connectivity index (χ4n) is 3.47. The number of rotatable bonds is 6. The fourth-order valence-corrected chi connectivity index (χ4v) is 3.47. The van der Waals surface area contributed by atoms with Crippen molar-refractivity contribution in [3.05, 3.63) is 48.0 Å². The van der Waals surface area contributed by atoms with Gasteiger partial charge in [-0.1, -0.05) is 12.1 Å². The zero-order chi connectivity index (χ0) is 20.1. The molecule has 1 fully saturated rings. The molecule has 3 rings (SSSR count). The first-order valence-electron chi connectivity index (χ1n) is 9.44. The van der Waals surface area contributed by atoms with Gasteiger partial charge in [0, 0.05) is 46.0 Å². The number of aryl methyl sites for hydroxylation is 1. The fraction of sp³-hybridized carbons (Fsp3) is 0.500. The number of β-amino-alcohol motifs (C(OH)–C–C–N with tert-alkyl or cyclic N) is 2. The average Bonchev–Trinajstić information content (AvgIpc) is 2.99. The number of ether oxygens (including phenoxy) is 1. The molecule has 0 unspecified atom stereocenters. The topological polar surface area (TPSA) is 99.9 Å². The van der Waals surface area contributed by atoms with Crippen LogP contribution in [0.15, 0.2) is 36.7 Å². The number of nitrogens with zero attached hydrogens (tertiary/aromatic N) is 3. The van der Waals surface area contributed by atoms with Crippen LogP contribution >= 0.6 is 0 Å². The van der Waals surface area contributed by atoms with E-state index in [0.717, 1.165) is 17.1 Å². The smallest absolute Gasteiger partial charge is 0.217 e. The molecule has 2 aromatic rings. The van der Waals surface area contributed by atoms with Gasteiger partial charge in [0.15, 0.2) is 0 Å². The van der Waals surface area contributed by atoms with Crippen molar-refractivity contribution >= 4 is 5.91 Å². The summed E-state index contributed by atoms with van der Waals surface area (Å²) in [4.78, 5) is 17.5. The first kappa shape index (κ1) is 20.3. The summed E-state index contributed by atoms with van der Waals surface area (Å²) in [5, 5.41) is 23.4. The van der Waals surface area contributed by atoms with Crippen LogP contribution in [0.5, 0.6) is 5.75 Å². The van der Waals surface area contributed by atoms with Crippen molar-refractivity contribution in [3.8, 4) is 5.75 Å². The molecule has 152 valence electrons. The lowest BCUT2D eigenvalue weighted by atomic mass is 10.1. The van der Waals surface area contributed by atoms with Gasteiger partial charge in [0.2, 0.25) is 5.91 Å². The molecule has 0 bridgehead atoms. The summed E-state index contributed by atoms with van der Waals surface area (Å²) in [6, 6.07) is 7.33. The molecule has 1 saturated heterocycles. The number of carbonyl (C=O) groups excluding carboxylic acids is 1. The Kier molecular flexibility index (Phi) is 6.66. The van der Waals surface area contributed by atoms with E-state index in [9.17, 15) is 15.0 Å². The van der Waals surface area contributed by atoms with Gasteiger partial charge in [-0.3, -0.25) is 9.69 Å². The number of aromatic nitrogens is 2. The van der Waals surface area contributed by atoms with Gasteiger partial charge in [0.25, 0.3) is 0 Å². The van der Waals surface area contributed by atoms with Crippen molar-refractivity contribution in [2.75, 3.05) is 13.1 Å². The summed E-state index contributed by atoms with van der Waals surface area (Å²) in [6.45, 7) is 3.25. The van der Waals surface area contributed by atoms with E-state index in [4.69, 9.17) is 4.74 Å². The van der Waals surface area contributed by atoms with Gasteiger partial charge in [-0.2, -0.15) is 0 Å². The number of likely N-dealkylation sites (tertiary alicyclic amines) is 1. The predicted molar refractivity (Wildman–Crippen MR) is 103 cm³/mol. The zero-order valence-electron chi connectivity index (χ0n) is 16.3. The molecule has 8 heteroatoms. The number of carbonyl (C=O) groups is 1. The lowest BCUT2D eigenvalue weighted by Crippen LogP contribution is -2.45. The standard InChI is InChI=1S/C20H28N4O4/c1-14(25)22-18-9-16(26)11-24(12-19(18)27)10-15-3-5-17(6-4-15)28-13-20-21-7-8-23(20)2/h3-8,16,18-19,26-27H,9-13H2,1-2H3,(H,22,25)/t16-,18-,19-/m1/s1. The highest BCUT2D eigenvalue weighted by Gasteiger charge is 2.30. The van der Waals surface area contributed by atoms with E-state index in [-0.39, 0.29) is 5.91 Å². The van der Waals surface area contributed by atoms with E-state index in [0.29, 0.717) is 32.7 Å². The molecule has 1 aromatic carbocycles. The third-order valence-electron chi connectivity index (χ3n) is 4.91. The van der Waals surface area contributed by atoms with E-state index in [1.807, 2.05) is 47.0 Å². The molecule has 0 radical (unpaired) electrons.